The Morgan fingerprint density at radius 3 is 1.89 bits per heavy atom. The molecular weight excluding hydrogens is 464 g/mol. The van der Waals surface area contributed by atoms with E-state index in [1.54, 1.807) is 55.6 Å². The molecule has 0 unspecified atom stereocenters. The van der Waals surface area contributed by atoms with E-state index in [1.807, 2.05) is 0 Å². The molecule has 3 aromatic rings. The first-order chi connectivity index (χ1) is 17.1. The number of hydrogen-bond donors (Lipinski definition) is 4. The van der Waals surface area contributed by atoms with Gasteiger partial charge in [-0.25, -0.2) is 0 Å². The van der Waals surface area contributed by atoms with Crippen molar-refractivity contribution in [3.63, 3.8) is 0 Å². The fraction of sp³-hybridized carbons (Fsp3) is 0.143. The third-order valence-electron chi connectivity index (χ3n) is 5.37. The summed E-state index contributed by atoms with van der Waals surface area (Å²) < 4.78 is 10.0. The van der Waals surface area contributed by atoms with E-state index in [1.165, 1.54) is 37.5 Å². The summed E-state index contributed by atoms with van der Waals surface area (Å²) in [5.74, 6) is -2.11. The largest absolute Gasteiger partial charge is 0.507 e. The number of carbonyl (C=O) groups is 2. The topological polar surface area (TPSA) is 134 Å². The molecule has 186 valence electrons. The van der Waals surface area contributed by atoms with Crippen LogP contribution < -0.4 is 9.47 Å². The summed E-state index contributed by atoms with van der Waals surface area (Å²) >= 11 is 0. The first-order valence-corrected chi connectivity index (χ1v) is 10.9. The van der Waals surface area contributed by atoms with Gasteiger partial charge in [-0.15, -0.1) is 0 Å². The molecule has 0 heterocycles. The summed E-state index contributed by atoms with van der Waals surface area (Å²) in [4.78, 5) is 24.2. The van der Waals surface area contributed by atoms with Crippen molar-refractivity contribution in [1.82, 2.24) is 0 Å². The third-order valence-corrected chi connectivity index (χ3v) is 5.37. The van der Waals surface area contributed by atoms with Crippen LogP contribution in [0.4, 0.5) is 0 Å². The fourth-order valence-electron chi connectivity index (χ4n) is 3.37. The van der Waals surface area contributed by atoms with Gasteiger partial charge in [0.15, 0.2) is 11.6 Å². The van der Waals surface area contributed by atoms with Crippen molar-refractivity contribution >= 4 is 11.6 Å². The average molecular weight is 491 g/mol. The highest BCUT2D eigenvalue weighted by molar-refractivity contribution is 6.10. The van der Waals surface area contributed by atoms with Crippen molar-refractivity contribution in [3.05, 3.63) is 108 Å². The molecule has 0 radical (unpaired) electrons. The molecule has 4 rings (SSSR count). The van der Waals surface area contributed by atoms with E-state index in [4.69, 9.17) is 9.47 Å². The van der Waals surface area contributed by atoms with Crippen molar-refractivity contribution in [3.8, 4) is 23.0 Å². The lowest BCUT2D eigenvalue weighted by molar-refractivity contribution is -0.0756. The number of benzene rings is 3. The molecule has 0 aliphatic heterocycles. The van der Waals surface area contributed by atoms with Crippen molar-refractivity contribution in [2.75, 3.05) is 14.2 Å². The molecule has 8 nitrogen and oxygen atoms in total. The van der Waals surface area contributed by atoms with Crippen LogP contribution in [0.25, 0.3) is 0 Å². The van der Waals surface area contributed by atoms with Crippen LogP contribution in [0.15, 0.2) is 91.0 Å². The Bertz CT molecular complexity index is 1270. The number of ketones is 2. The first-order valence-electron chi connectivity index (χ1n) is 10.9. The second-order valence-corrected chi connectivity index (χ2v) is 7.85. The molecule has 1 aliphatic carbocycles. The molecule has 4 N–H and O–H groups in total. The average Bonchev–Trinajstić information content (AvgIpc) is 2.88. The molecule has 8 heteroatoms. The zero-order valence-electron chi connectivity index (χ0n) is 19.7. The van der Waals surface area contributed by atoms with Crippen LogP contribution in [0.2, 0.25) is 0 Å². The predicted octanol–water partition coefficient (Wildman–Crippen LogP) is 3.64. The number of phenolic OH excluding ortho intramolecular Hbond substituents is 2. The highest BCUT2D eigenvalue weighted by Gasteiger charge is 2.25. The van der Waals surface area contributed by atoms with Gasteiger partial charge in [-0.1, -0.05) is 24.3 Å². The Kier molecular flexibility index (Phi) is 8.26. The molecule has 0 spiro atoms. The summed E-state index contributed by atoms with van der Waals surface area (Å²) in [5, 5.41) is 37.8. The van der Waals surface area contributed by atoms with E-state index in [0.717, 1.165) is 12.2 Å². The molecule has 0 fully saturated rings. The Hall–Kier alpha value is -4.40. The van der Waals surface area contributed by atoms with Gasteiger partial charge < -0.3 is 29.9 Å². The number of aromatic hydroxyl groups is 2. The van der Waals surface area contributed by atoms with Crippen LogP contribution in [0.5, 0.6) is 23.0 Å². The Morgan fingerprint density at radius 1 is 0.750 bits per heavy atom. The lowest BCUT2D eigenvalue weighted by Gasteiger charge is -2.19. The van der Waals surface area contributed by atoms with Gasteiger partial charge in [0.1, 0.15) is 23.0 Å². The van der Waals surface area contributed by atoms with E-state index in [-0.39, 0.29) is 34.2 Å². The van der Waals surface area contributed by atoms with Crippen molar-refractivity contribution in [2.45, 2.75) is 5.79 Å². The standard InChI is InChI=1S/C15H14O4.C13H12O4/c1-18-11-5-3-10(4-6-11)15(17)13-8-7-12(19-2)9-14(13)16;14-11-4-2-1-3-10(11)12(15)9-5-7-13(16,17)8-6-9/h3-9,16H,1-2H3;1-9,14,16-17H. The van der Waals surface area contributed by atoms with Gasteiger partial charge >= 0.3 is 0 Å². The molecule has 0 saturated carbocycles. The molecule has 0 amide bonds. The molecule has 0 atom stereocenters. The summed E-state index contributed by atoms with van der Waals surface area (Å²) in [5.41, 5.74) is 0.947. The highest BCUT2D eigenvalue weighted by atomic mass is 16.5. The van der Waals surface area contributed by atoms with Crippen molar-refractivity contribution in [1.29, 1.82) is 0 Å². The second-order valence-electron chi connectivity index (χ2n) is 7.85. The van der Waals surface area contributed by atoms with Crippen LogP contribution in [0.3, 0.4) is 0 Å². The Morgan fingerprint density at radius 2 is 1.33 bits per heavy atom. The van der Waals surface area contributed by atoms with E-state index < -0.39 is 11.7 Å². The number of hydrogen-bond acceptors (Lipinski definition) is 8. The zero-order chi connectivity index (χ0) is 26.3. The Balaban J connectivity index is 0.000000202. The van der Waals surface area contributed by atoms with E-state index in [9.17, 15) is 30.0 Å². The van der Waals surface area contributed by atoms with E-state index in [2.05, 4.69) is 0 Å². The zero-order valence-corrected chi connectivity index (χ0v) is 19.7. The second kappa shape index (κ2) is 11.4. The molecular formula is C28H26O8. The predicted molar refractivity (Wildman–Crippen MR) is 132 cm³/mol. The number of Topliss-reactive ketones (excluding diaryl/α,β-unsaturated/α-hetero) is 1. The lowest BCUT2D eigenvalue weighted by Crippen LogP contribution is -2.26. The third kappa shape index (κ3) is 6.38. The van der Waals surface area contributed by atoms with Gasteiger partial charge in [0.25, 0.3) is 0 Å². The van der Waals surface area contributed by atoms with Crippen molar-refractivity contribution < 1.29 is 39.5 Å². The normalized spacial score (nSPS) is 13.9. The van der Waals surface area contributed by atoms with E-state index in [0.29, 0.717) is 17.1 Å². The number of ether oxygens (including phenoxy) is 2. The van der Waals surface area contributed by atoms with Crippen molar-refractivity contribution in [2.24, 2.45) is 5.92 Å². The molecule has 3 aromatic carbocycles. The minimum absolute atomic E-state index is 0.0795. The summed E-state index contributed by atoms with van der Waals surface area (Å²) in [7, 11) is 3.06. The monoisotopic (exact) mass is 490 g/mol. The van der Waals surface area contributed by atoms with Crippen LogP contribution in [-0.2, 0) is 0 Å². The van der Waals surface area contributed by atoms with Crippen LogP contribution in [-0.4, -0.2) is 52.0 Å². The van der Waals surface area contributed by atoms with Gasteiger partial charge in [0.05, 0.1) is 31.3 Å². The van der Waals surface area contributed by atoms with Crippen LogP contribution in [0, 0.1) is 5.92 Å². The molecule has 0 aromatic heterocycles. The van der Waals surface area contributed by atoms with Crippen LogP contribution >= 0.6 is 0 Å². The first kappa shape index (κ1) is 26.2. The molecule has 0 bridgehead atoms. The maximum absolute atomic E-state index is 12.2. The Labute approximate surface area is 208 Å². The van der Waals surface area contributed by atoms with Gasteiger partial charge in [-0.2, -0.15) is 0 Å². The maximum atomic E-state index is 12.2. The van der Waals surface area contributed by atoms with E-state index >= 15 is 0 Å². The molecule has 1 aliphatic rings. The SMILES string of the molecule is COc1ccc(C(=O)c2ccc(OC)cc2O)cc1.O=C(c1ccccc1O)C1C=CC(O)(O)C=C1. The number of phenols is 2. The van der Waals surface area contributed by atoms with Gasteiger partial charge in [0, 0.05) is 11.6 Å². The molecule has 36 heavy (non-hydrogen) atoms. The lowest BCUT2D eigenvalue weighted by atomic mass is 9.92. The number of carbonyl (C=O) groups excluding carboxylic acids is 2. The van der Waals surface area contributed by atoms with Crippen LogP contribution in [0.1, 0.15) is 26.3 Å². The van der Waals surface area contributed by atoms with Gasteiger partial charge in [-0.3, -0.25) is 9.59 Å². The van der Waals surface area contributed by atoms with Gasteiger partial charge in [0.2, 0.25) is 5.79 Å². The van der Waals surface area contributed by atoms with Gasteiger partial charge in [-0.05, 0) is 60.7 Å². The molecule has 0 saturated heterocycles. The number of para-hydroxylation sites is 1. The quantitative estimate of drug-likeness (QED) is 0.234. The minimum atomic E-state index is -1.99. The number of methoxy groups -OCH3 is 2. The summed E-state index contributed by atoms with van der Waals surface area (Å²) in [6, 6.07) is 17.6. The smallest absolute Gasteiger partial charge is 0.202 e. The maximum Gasteiger partial charge on any atom is 0.202 e. The summed E-state index contributed by atoms with van der Waals surface area (Å²) in [6.45, 7) is 0. The minimum Gasteiger partial charge on any atom is -0.507 e. The summed E-state index contributed by atoms with van der Waals surface area (Å²) in [6.07, 6.45) is 5.06. The fourth-order valence-corrected chi connectivity index (χ4v) is 3.37. The number of allylic oxidation sites excluding steroid dienone is 2. The number of aliphatic hydroxyl groups is 2. The number of rotatable bonds is 6. The highest BCUT2D eigenvalue weighted by Crippen LogP contribution is 2.27.